The second kappa shape index (κ2) is 6.50. The highest BCUT2D eigenvalue weighted by Crippen LogP contribution is 2.22. The molecule has 1 saturated heterocycles. The standard InChI is InChI=1S/C16H18ClN3O2/c17-12-5-3-11(4-6-12)16-19-13(10-22-16)8-15(21)20-7-1-2-14(20)9-18/h3-6,10,14H,1-2,7-9,18H2/t14-/m0/s1. The van der Waals surface area contributed by atoms with Crippen LogP contribution in [0.15, 0.2) is 34.9 Å². The van der Waals surface area contributed by atoms with Crippen molar-refractivity contribution in [2.75, 3.05) is 13.1 Å². The molecule has 0 bridgehead atoms. The Morgan fingerprint density at radius 2 is 2.18 bits per heavy atom. The molecule has 2 heterocycles. The molecule has 1 amide bonds. The van der Waals surface area contributed by atoms with Gasteiger partial charge in [-0.3, -0.25) is 4.79 Å². The monoisotopic (exact) mass is 319 g/mol. The van der Waals surface area contributed by atoms with Crippen molar-refractivity contribution in [3.8, 4) is 11.5 Å². The maximum Gasteiger partial charge on any atom is 0.229 e. The topological polar surface area (TPSA) is 72.4 Å². The minimum Gasteiger partial charge on any atom is -0.444 e. The van der Waals surface area contributed by atoms with Crippen LogP contribution in [-0.2, 0) is 11.2 Å². The average molecular weight is 320 g/mol. The Bertz CT molecular complexity index is 654. The summed E-state index contributed by atoms with van der Waals surface area (Å²) < 4.78 is 5.46. The van der Waals surface area contributed by atoms with Gasteiger partial charge in [0.15, 0.2) is 0 Å². The fourth-order valence-electron chi connectivity index (χ4n) is 2.78. The van der Waals surface area contributed by atoms with E-state index in [-0.39, 0.29) is 18.4 Å². The Morgan fingerprint density at radius 3 is 2.91 bits per heavy atom. The summed E-state index contributed by atoms with van der Waals surface area (Å²) >= 11 is 5.86. The van der Waals surface area contributed by atoms with Gasteiger partial charge in [0.25, 0.3) is 0 Å². The molecule has 3 rings (SSSR count). The first-order chi connectivity index (χ1) is 10.7. The number of hydrogen-bond acceptors (Lipinski definition) is 4. The van der Waals surface area contributed by atoms with Crippen molar-refractivity contribution in [1.82, 2.24) is 9.88 Å². The van der Waals surface area contributed by atoms with E-state index in [1.54, 1.807) is 12.1 Å². The number of halogens is 1. The lowest BCUT2D eigenvalue weighted by atomic mass is 10.2. The van der Waals surface area contributed by atoms with Crippen LogP contribution in [0.3, 0.4) is 0 Å². The molecule has 6 heteroatoms. The van der Waals surface area contributed by atoms with Gasteiger partial charge in [0, 0.05) is 29.7 Å². The van der Waals surface area contributed by atoms with E-state index < -0.39 is 0 Å². The normalized spacial score (nSPS) is 17.9. The Labute approximate surface area is 134 Å². The number of likely N-dealkylation sites (tertiary alicyclic amines) is 1. The van der Waals surface area contributed by atoms with E-state index in [9.17, 15) is 4.79 Å². The molecule has 1 aromatic carbocycles. The predicted octanol–water partition coefficient (Wildman–Crippen LogP) is 2.49. The summed E-state index contributed by atoms with van der Waals surface area (Å²) in [7, 11) is 0. The maximum absolute atomic E-state index is 12.3. The molecule has 2 aromatic rings. The summed E-state index contributed by atoms with van der Waals surface area (Å²) in [4.78, 5) is 18.6. The van der Waals surface area contributed by atoms with Crippen LogP contribution in [0.25, 0.3) is 11.5 Å². The van der Waals surface area contributed by atoms with Crippen molar-refractivity contribution < 1.29 is 9.21 Å². The van der Waals surface area contributed by atoms with Gasteiger partial charge in [0.2, 0.25) is 11.8 Å². The van der Waals surface area contributed by atoms with Gasteiger partial charge in [-0.25, -0.2) is 4.98 Å². The number of nitrogens with zero attached hydrogens (tertiary/aromatic N) is 2. The highest BCUT2D eigenvalue weighted by Gasteiger charge is 2.27. The first-order valence-electron chi connectivity index (χ1n) is 7.37. The van der Waals surface area contributed by atoms with Crippen LogP contribution in [0, 0.1) is 0 Å². The van der Waals surface area contributed by atoms with E-state index in [0.717, 1.165) is 24.9 Å². The SMILES string of the molecule is NC[C@@H]1CCCN1C(=O)Cc1coc(-c2ccc(Cl)cc2)n1. The van der Waals surface area contributed by atoms with Crippen LogP contribution in [-0.4, -0.2) is 34.9 Å². The summed E-state index contributed by atoms with van der Waals surface area (Å²) in [6.45, 7) is 1.29. The van der Waals surface area contributed by atoms with E-state index in [4.69, 9.17) is 21.8 Å². The van der Waals surface area contributed by atoms with Gasteiger partial charge in [-0.2, -0.15) is 0 Å². The molecule has 0 radical (unpaired) electrons. The minimum atomic E-state index is 0.0592. The summed E-state index contributed by atoms with van der Waals surface area (Å²) in [6.07, 6.45) is 3.78. The molecule has 0 aliphatic carbocycles. The largest absolute Gasteiger partial charge is 0.444 e. The van der Waals surface area contributed by atoms with Gasteiger partial charge in [0.05, 0.1) is 12.1 Å². The third kappa shape index (κ3) is 3.15. The first kappa shape index (κ1) is 15.1. The zero-order valence-corrected chi connectivity index (χ0v) is 12.9. The number of oxazole rings is 1. The van der Waals surface area contributed by atoms with Crippen LogP contribution >= 0.6 is 11.6 Å². The zero-order chi connectivity index (χ0) is 15.5. The van der Waals surface area contributed by atoms with E-state index in [0.29, 0.717) is 23.2 Å². The van der Waals surface area contributed by atoms with Gasteiger partial charge in [-0.15, -0.1) is 0 Å². The molecule has 116 valence electrons. The quantitative estimate of drug-likeness (QED) is 0.939. The number of benzene rings is 1. The Hall–Kier alpha value is -1.85. The summed E-state index contributed by atoms with van der Waals surface area (Å²) in [5, 5.41) is 0.660. The second-order valence-electron chi connectivity index (χ2n) is 5.45. The van der Waals surface area contributed by atoms with Crippen molar-refractivity contribution >= 4 is 17.5 Å². The fraction of sp³-hybridized carbons (Fsp3) is 0.375. The fourth-order valence-corrected chi connectivity index (χ4v) is 2.90. The van der Waals surface area contributed by atoms with E-state index in [1.165, 1.54) is 6.26 Å². The highest BCUT2D eigenvalue weighted by molar-refractivity contribution is 6.30. The smallest absolute Gasteiger partial charge is 0.229 e. The average Bonchev–Trinajstić information content (AvgIpc) is 3.16. The molecule has 0 spiro atoms. The van der Waals surface area contributed by atoms with Crippen LogP contribution < -0.4 is 5.73 Å². The van der Waals surface area contributed by atoms with Crippen LogP contribution in [0.5, 0.6) is 0 Å². The number of amides is 1. The molecular formula is C16H18ClN3O2. The summed E-state index contributed by atoms with van der Waals surface area (Å²) in [5.41, 5.74) is 7.18. The lowest BCUT2D eigenvalue weighted by Gasteiger charge is -2.22. The van der Waals surface area contributed by atoms with Crippen molar-refractivity contribution in [3.63, 3.8) is 0 Å². The summed E-state index contributed by atoms with van der Waals surface area (Å²) in [6, 6.07) is 7.40. The third-order valence-corrected chi connectivity index (χ3v) is 4.20. The molecule has 1 aliphatic heterocycles. The number of rotatable bonds is 4. The predicted molar refractivity (Wildman–Crippen MR) is 84.4 cm³/mol. The van der Waals surface area contributed by atoms with Crippen molar-refractivity contribution in [2.24, 2.45) is 5.73 Å². The molecule has 0 saturated carbocycles. The number of hydrogen-bond donors (Lipinski definition) is 1. The minimum absolute atomic E-state index is 0.0592. The van der Waals surface area contributed by atoms with Crippen molar-refractivity contribution in [1.29, 1.82) is 0 Å². The molecular weight excluding hydrogens is 302 g/mol. The lowest BCUT2D eigenvalue weighted by molar-refractivity contribution is -0.131. The first-order valence-corrected chi connectivity index (χ1v) is 7.75. The molecule has 1 atom stereocenters. The second-order valence-corrected chi connectivity index (χ2v) is 5.88. The Balaban J connectivity index is 1.69. The number of nitrogens with two attached hydrogens (primary N) is 1. The van der Waals surface area contributed by atoms with Crippen LogP contribution in [0.2, 0.25) is 5.02 Å². The molecule has 1 aromatic heterocycles. The van der Waals surface area contributed by atoms with Gasteiger partial charge in [0.1, 0.15) is 6.26 Å². The van der Waals surface area contributed by atoms with E-state index >= 15 is 0 Å². The maximum atomic E-state index is 12.3. The van der Waals surface area contributed by atoms with Crippen molar-refractivity contribution in [2.45, 2.75) is 25.3 Å². The van der Waals surface area contributed by atoms with Gasteiger partial charge in [-0.05, 0) is 37.1 Å². The number of aromatic nitrogens is 1. The summed E-state index contributed by atoms with van der Waals surface area (Å²) in [5.74, 6) is 0.556. The number of carbonyl (C=O) groups is 1. The zero-order valence-electron chi connectivity index (χ0n) is 12.2. The Morgan fingerprint density at radius 1 is 1.41 bits per heavy atom. The van der Waals surface area contributed by atoms with E-state index in [1.807, 2.05) is 17.0 Å². The van der Waals surface area contributed by atoms with Crippen molar-refractivity contribution in [3.05, 3.63) is 41.2 Å². The van der Waals surface area contributed by atoms with Gasteiger partial charge in [-0.1, -0.05) is 11.6 Å². The van der Waals surface area contributed by atoms with Crippen LogP contribution in [0.1, 0.15) is 18.5 Å². The Kier molecular flexibility index (Phi) is 4.45. The highest BCUT2D eigenvalue weighted by atomic mass is 35.5. The molecule has 1 fully saturated rings. The van der Waals surface area contributed by atoms with Gasteiger partial charge >= 0.3 is 0 Å². The number of carbonyl (C=O) groups excluding carboxylic acids is 1. The lowest BCUT2D eigenvalue weighted by Crippen LogP contribution is -2.40. The molecule has 22 heavy (non-hydrogen) atoms. The molecule has 1 aliphatic rings. The third-order valence-electron chi connectivity index (χ3n) is 3.94. The van der Waals surface area contributed by atoms with E-state index in [2.05, 4.69) is 4.98 Å². The molecule has 5 nitrogen and oxygen atoms in total. The van der Waals surface area contributed by atoms with Gasteiger partial charge < -0.3 is 15.1 Å². The molecule has 2 N–H and O–H groups in total. The molecule has 0 unspecified atom stereocenters. The van der Waals surface area contributed by atoms with Crippen LogP contribution in [0.4, 0.5) is 0 Å².